The molecule has 96 heavy (non-hydrogen) atoms. The summed E-state index contributed by atoms with van der Waals surface area (Å²) in [6.45, 7) is 32.3. The maximum absolute atomic E-state index is 15.3. The Kier molecular flexibility index (Phi) is 34.7. The number of nitrogens with one attached hydrogen (secondary N) is 4. The normalized spacial score (nSPS) is 28.2. The first kappa shape index (κ1) is 84.2. The van der Waals surface area contributed by atoms with E-state index in [1.54, 1.807) is 41.5 Å². The highest BCUT2D eigenvalue weighted by Gasteiger charge is 2.55. The molecule has 0 bridgehead atoms. The van der Waals surface area contributed by atoms with E-state index in [0.29, 0.717) is 32.6 Å². The van der Waals surface area contributed by atoms with Crippen molar-refractivity contribution in [1.82, 2.24) is 60.6 Å². The topological polar surface area (TPSA) is 316 Å². The Hall–Kier alpha value is -6.03. The van der Waals surface area contributed by atoms with Gasteiger partial charge in [0.2, 0.25) is 59.1 Å². The van der Waals surface area contributed by atoms with E-state index in [2.05, 4.69) is 26.2 Å². The first-order valence-electron chi connectivity index (χ1n) is 35.3. The average Bonchev–Trinajstić information content (AvgIpc) is 0.758. The fourth-order valence-corrected chi connectivity index (χ4v) is 12.9. The molecule has 0 saturated carbocycles. The predicted octanol–water partition coefficient (Wildman–Crippen LogP) is 3.00. The summed E-state index contributed by atoms with van der Waals surface area (Å²) < 4.78 is 11.9. The van der Waals surface area contributed by atoms with Crippen molar-refractivity contribution in [3.63, 3.8) is 0 Å². The van der Waals surface area contributed by atoms with Crippen LogP contribution in [0.2, 0.25) is 0 Å². The van der Waals surface area contributed by atoms with Crippen LogP contribution in [-0.4, -0.2) is 271 Å². The number of carbonyl (C=O) groups is 11. The van der Waals surface area contributed by atoms with E-state index in [-0.39, 0.29) is 56.0 Å². The van der Waals surface area contributed by atoms with Gasteiger partial charge in [0.1, 0.15) is 66.5 Å². The van der Waals surface area contributed by atoms with Crippen LogP contribution in [0.1, 0.15) is 175 Å². The van der Waals surface area contributed by atoms with Gasteiger partial charge in [-0.05, 0) is 128 Å². The van der Waals surface area contributed by atoms with Crippen LogP contribution in [0.15, 0.2) is 0 Å². The van der Waals surface area contributed by atoms with Crippen LogP contribution in [0, 0.1) is 35.5 Å². The Bertz CT molecular complexity index is 2590. The molecular formula is C69H125N13O14. The summed E-state index contributed by atoms with van der Waals surface area (Å²) in [4.78, 5) is 179. The Labute approximate surface area is 573 Å². The largest absolute Gasteiger partial charge is 0.379 e. The van der Waals surface area contributed by atoms with Crippen molar-refractivity contribution in [3.05, 3.63) is 0 Å². The highest BCUT2D eigenvalue weighted by Crippen LogP contribution is 2.34. The van der Waals surface area contributed by atoms with Crippen LogP contribution in [0.3, 0.4) is 0 Å². The van der Waals surface area contributed by atoms with Gasteiger partial charge in [0, 0.05) is 62.0 Å². The highest BCUT2D eigenvalue weighted by atomic mass is 16.7. The molecule has 0 spiro atoms. The van der Waals surface area contributed by atoms with E-state index in [4.69, 9.17) is 20.0 Å². The number of hydroxylamine groups is 2. The molecule has 3 rings (SSSR count). The van der Waals surface area contributed by atoms with Crippen LogP contribution in [0.4, 0.5) is 0 Å². The maximum atomic E-state index is 15.3. The van der Waals surface area contributed by atoms with Gasteiger partial charge in [-0.15, -0.1) is 0 Å². The third-order valence-corrected chi connectivity index (χ3v) is 19.1. The van der Waals surface area contributed by atoms with E-state index < -0.39 is 155 Å². The molecule has 0 radical (unpaired) electrons. The number of unbranched alkanes of at least 4 members (excludes halogenated alkanes) is 3. The van der Waals surface area contributed by atoms with Crippen LogP contribution in [-0.2, 0) is 67.1 Å². The number of likely N-dealkylation sites (N-methyl/N-ethyl adjacent to an activating group) is 6. The minimum Gasteiger partial charge on any atom is -0.379 e. The Morgan fingerprint density at radius 3 is 1.55 bits per heavy atom. The molecule has 14 atom stereocenters. The molecule has 0 unspecified atom stereocenters. The number of nitrogens with two attached hydrogens (primary N) is 1. The molecule has 3 saturated heterocycles. The number of ether oxygens (including phenoxy) is 2. The molecule has 3 heterocycles. The van der Waals surface area contributed by atoms with Gasteiger partial charge < -0.3 is 65.9 Å². The third-order valence-electron chi connectivity index (χ3n) is 19.1. The molecule has 3 fully saturated rings. The smallest absolute Gasteiger partial charge is 0.270 e. The molecule has 3 aliphatic heterocycles. The fourth-order valence-electron chi connectivity index (χ4n) is 12.9. The lowest BCUT2D eigenvalue weighted by atomic mass is 9.88. The molecule has 27 heteroatoms. The SMILES string of the molecule is CC[C@@H]1NC(=O)[C@@H]2[C@@H]([C@H](C)CCCCCN)ON2C(=O)[C@H](C(C)C)N(C)C(=O)[C@H](CC(C)C)N(C)C(=O)[C@H](CC(C)C)N(C)C(=O)[C@@H](C)NC(=O)[C@H](C)NC(=O)[C@H](CC(C)C)N(C)C(=O)[C@H](C(C)C)NC(=O)[C@H]([C@@H](C)OCCCCN2CCOCC2)N(C)C(=O)[C@@H](C)N(C)C1=O. The molecule has 0 aromatic carbocycles. The van der Waals surface area contributed by atoms with Crippen molar-refractivity contribution in [2.24, 2.45) is 41.2 Å². The third kappa shape index (κ3) is 23.0. The molecule has 11 amide bonds. The molecule has 27 nitrogen and oxygen atoms in total. The highest BCUT2D eigenvalue weighted by molar-refractivity contribution is 6.00. The van der Waals surface area contributed by atoms with Crippen LogP contribution < -0.4 is 27.0 Å². The first-order chi connectivity index (χ1) is 44.9. The molecule has 550 valence electrons. The zero-order valence-electron chi connectivity index (χ0n) is 62.4. The molecular weight excluding hydrogens is 1230 g/mol. The lowest BCUT2D eigenvalue weighted by Crippen LogP contribution is -2.72. The quantitative estimate of drug-likeness (QED) is 0.0973. The molecule has 0 aromatic heterocycles. The van der Waals surface area contributed by atoms with Gasteiger partial charge in [0.15, 0.2) is 6.04 Å². The first-order valence-corrected chi connectivity index (χ1v) is 35.3. The minimum atomic E-state index is -1.38. The second-order valence-corrected chi connectivity index (χ2v) is 29.1. The molecule has 0 aromatic rings. The van der Waals surface area contributed by atoms with Gasteiger partial charge in [-0.3, -0.25) is 62.5 Å². The molecule has 0 aliphatic carbocycles. The predicted molar refractivity (Wildman–Crippen MR) is 367 cm³/mol. The summed E-state index contributed by atoms with van der Waals surface area (Å²) in [7, 11) is 8.68. The van der Waals surface area contributed by atoms with Gasteiger partial charge in [-0.2, -0.15) is 0 Å². The number of fused-ring (bicyclic) bond motifs is 1. The van der Waals surface area contributed by atoms with Crippen molar-refractivity contribution in [1.29, 1.82) is 0 Å². The fraction of sp³-hybridized carbons (Fsp3) is 0.841. The van der Waals surface area contributed by atoms with Crippen LogP contribution in [0.25, 0.3) is 0 Å². The minimum absolute atomic E-state index is 0.0526. The van der Waals surface area contributed by atoms with Gasteiger partial charge in [-0.25, -0.2) is 5.06 Å². The Balaban J connectivity index is 2.29. The van der Waals surface area contributed by atoms with E-state index in [1.807, 2.05) is 48.5 Å². The average molecular weight is 1360 g/mol. The van der Waals surface area contributed by atoms with E-state index in [0.717, 1.165) is 50.4 Å². The van der Waals surface area contributed by atoms with E-state index in [9.17, 15) is 28.8 Å². The van der Waals surface area contributed by atoms with E-state index in [1.165, 1.54) is 92.5 Å². The number of rotatable bonds is 22. The van der Waals surface area contributed by atoms with Crippen LogP contribution in [0.5, 0.6) is 0 Å². The molecule has 3 aliphatic rings. The summed E-state index contributed by atoms with van der Waals surface area (Å²) >= 11 is 0. The number of nitrogens with zero attached hydrogens (tertiary/aromatic N) is 8. The lowest BCUT2D eigenvalue weighted by molar-refractivity contribution is -0.322. The standard InChI is InChI=1S/C69H125N13O14/c1-23-50-65(89)75(17)48(15)64(88)80(22)56(49(16)95-34-28-27-31-81-32-35-94-36-33-81)61(85)74-54(43(8)9)68(92)76(18)51(37-40(2)3)60(84)71-46(13)59(83)72-47(14)63(87)77(19)52(38-41(4)5)66(90)78(20)53(39-42(6)7)67(91)79(21)55(44(10)11)69(93)82-57(62(86)73-50)58(96-82)45(12)29-25-24-26-30-70/h40-58H,23-39,70H2,1-22H3,(H,71,84)(H,72,83)(H,73,86)(H,74,85)/t45-,46+,47-,48-,49-,50+,51+,52+,53+,54+,55+,56+,57+,58-/m1/s1. The van der Waals surface area contributed by atoms with Crippen LogP contribution >= 0.6 is 0 Å². The summed E-state index contributed by atoms with van der Waals surface area (Å²) in [6, 6.07) is -13.6. The zero-order valence-corrected chi connectivity index (χ0v) is 62.4. The lowest BCUT2D eigenvalue weighted by Gasteiger charge is -2.50. The maximum Gasteiger partial charge on any atom is 0.270 e. The van der Waals surface area contributed by atoms with Crippen molar-refractivity contribution in [3.8, 4) is 0 Å². The van der Waals surface area contributed by atoms with Crippen molar-refractivity contribution >= 4 is 65.0 Å². The van der Waals surface area contributed by atoms with Crippen molar-refractivity contribution < 1.29 is 67.1 Å². The number of morpholine rings is 1. The number of amides is 11. The second-order valence-electron chi connectivity index (χ2n) is 29.1. The summed E-state index contributed by atoms with van der Waals surface area (Å²) in [5, 5.41) is 12.2. The van der Waals surface area contributed by atoms with Gasteiger partial charge in [0.05, 0.1) is 19.3 Å². The second kappa shape index (κ2) is 39.5. The van der Waals surface area contributed by atoms with Crippen molar-refractivity contribution in [2.75, 3.05) is 88.3 Å². The monoisotopic (exact) mass is 1360 g/mol. The molecule has 6 N–H and O–H groups in total. The summed E-state index contributed by atoms with van der Waals surface area (Å²) in [5.74, 6) is -9.22. The van der Waals surface area contributed by atoms with Crippen molar-refractivity contribution in [2.45, 2.75) is 254 Å². The number of carbonyl (C=O) groups excluding carboxylic acids is 11. The number of hydrogen-bond acceptors (Lipinski definition) is 16. The Morgan fingerprint density at radius 2 is 1.02 bits per heavy atom. The van der Waals surface area contributed by atoms with Gasteiger partial charge >= 0.3 is 0 Å². The van der Waals surface area contributed by atoms with E-state index >= 15 is 24.0 Å². The summed E-state index contributed by atoms with van der Waals surface area (Å²) in [6.07, 6.45) is 3.07. The number of hydrogen-bond donors (Lipinski definition) is 5. The Morgan fingerprint density at radius 1 is 0.500 bits per heavy atom. The zero-order chi connectivity index (χ0) is 72.9. The van der Waals surface area contributed by atoms with Gasteiger partial charge in [0.25, 0.3) is 5.91 Å². The van der Waals surface area contributed by atoms with Gasteiger partial charge in [-0.1, -0.05) is 95.9 Å². The summed E-state index contributed by atoms with van der Waals surface area (Å²) in [5.41, 5.74) is 5.82.